The third-order valence-corrected chi connectivity index (χ3v) is 4.15. The summed E-state index contributed by atoms with van der Waals surface area (Å²) in [6.07, 6.45) is -0.803. The lowest BCUT2D eigenvalue weighted by atomic mass is 9.88. The number of hydrogen-bond acceptors (Lipinski definition) is 4. The summed E-state index contributed by atoms with van der Waals surface area (Å²) < 4.78 is 37.2. The summed E-state index contributed by atoms with van der Waals surface area (Å²) in [5.74, 6) is -0.0857. The lowest BCUT2D eigenvalue weighted by Gasteiger charge is -2.34. The van der Waals surface area contributed by atoms with Gasteiger partial charge in [-0.25, -0.2) is 9.97 Å². The first-order valence-corrected chi connectivity index (χ1v) is 7.19. The Morgan fingerprint density at radius 1 is 1.32 bits per heavy atom. The molecule has 22 heavy (non-hydrogen) atoms. The van der Waals surface area contributed by atoms with E-state index >= 15 is 0 Å². The largest absolute Gasteiger partial charge is 0.401 e. The van der Waals surface area contributed by atoms with E-state index in [1.165, 1.54) is 11.2 Å². The van der Waals surface area contributed by atoms with Crippen LogP contribution < -0.4 is 0 Å². The Morgan fingerprint density at radius 3 is 2.73 bits per heavy atom. The summed E-state index contributed by atoms with van der Waals surface area (Å²) in [6.45, 7) is -0.212. The average molecular weight is 314 g/mol. The molecule has 2 aromatic heterocycles. The van der Waals surface area contributed by atoms with E-state index in [0.29, 0.717) is 37.3 Å². The van der Waals surface area contributed by atoms with Crippen molar-refractivity contribution in [1.82, 2.24) is 19.9 Å². The molecule has 0 saturated carbocycles. The number of H-pyrrole nitrogens is 1. The number of halogens is 3. The smallest absolute Gasteiger partial charge is 0.386 e. The van der Waals surface area contributed by atoms with Gasteiger partial charge in [0.2, 0.25) is 0 Å². The zero-order valence-corrected chi connectivity index (χ0v) is 11.8. The quantitative estimate of drug-likeness (QED) is 0.912. The number of aromatic amines is 1. The maximum Gasteiger partial charge on any atom is 0.401 e. The van der Waals surface area contributed by atoms with Crippen LogP contribution in [0.25, 0.3) is 11.0 Å². The molecule has 0 aromatic carbocycles. The van der Waals surface area contributed by atoms with Crippen molar-refractivity contribution in [2.75, 3.05) is 19.6 Å². The highest BCUT2D eigenvalue weighted by Gasteiger charge is 2.34. The van der Waals surface area contributed by atoms with Crippen LogP contribution >= 0.6 is 0 Å². The first-order valence-electron chi connectivity index (χ1n) is 7.19. The number of hydrogen-bond donors (Lipinski definition) is 2. The highest BCUT2D eigenvalue weighted by atomic mass is 19.4. The number of piperidine rings is 1. The van der Waals surface area contributed by atoms with Crippen LogP contribution in [-0.2, 0) is 0 Å². The van der Waals surface area contributed by atoms with Crippen LogP contribution in [0.4, 0.5) is 13.2 Å². The number of fused-ring (bicyclic) bond motifs is 1. The second kappa shape index (κ2) is 5.85. The first kappa shape index (κ1) is 15.2. The van der Waals surface area contributed by atoms with Gasteiger partial charge < -0.3 is 10.1 Å². The summed E-state index contributed by atoms with van der Waals surface area (Å²) in [7, 11) is 0. The van der Waals surface area contributed by atoms with Crippen molar-refractivity contribution < 1.29 is 18.3 Å². The number of alkyl halides is 3. The second-order valence-corrected chi connectivity index (χ2v) is 5.67. The molecule has 0 radical (unpaired) electrons. The molecule has 1 atom stereocenters. The van der Waals surface area contributed by atoms with Gasteiger partial charge in [-0.2, -0.15) is 13.2 Å². The summed E-state index contributed by atoms with van der Waals surface area (Å²) in [4.78, 5) is 12.6. The van der Waals surface area contributed by atoms with Crippen molar-refractivity contribution >= 4 is 11.0 Å². The highest BCUT2D eigenvalue weighted by Crippen LogP contribution is 2.33. The molecular weight excluding hydrogens is 297 g/mol. The van der Waals surface area contributed by atoms with Gasteiger partial charge in [0.05, 0.1) is 18.3 Å². The summed E-state index contributed by atoms with van der Waals surface area (Å²) in [5, 5.41) is 11.3. The number of likely N-dealkylation sites (tertiary alicyclic amines) is 1. The van der Waals surface area contributed by atoms with Crippen LogP contribution in [0, 0.1) is 5.92 Å². The fourth-order valence-corrected chi connectivity index (χ4v) is 3.03. The van der Waals surface area contributed by atoms with Crippen LogP contribution in [-0.4, -0.2) is 50.8 Å². The number of aliphatic hydroxyl groups excluding tert-OH is 1. The topological polar surface area (TPSA) is 65.0 Å². The Bertz CT molecular complexity index is 634. The summed E-state index contributed by atoms with van der Waals surface area (Å²) in [6, 6.07) is 1.80. The average Bonchev–Trinajstić information content (AvgIpc) is 2.94. The fourth-order valence-electron chi connectivity index (χ4n) is 3.03. The lowest BCUT2D eigenvalue weighted by Crippen LogP contribution is -2.41. The molecule has 2 aromatic rings. The number of aromatic nitrogens is 3. The van der Waals surface area contributed by atoms with Gasteiger partial charge in [-0.15, -0.1) is 0 Å². The zero-order chi connectivity index (χ0) is 15.7. The minimum Gasteiger partial charge on any atom is -0.386 e. The van der Waals surface area contributed by atoms with E-state index in [2.05, 4.69) is 15.0 Å². The van der Waals surface area contributed by atoms with E-state index in [1.54, 1.807) is 12.3 Å². The molecule has 120 valence electrons. The standard InChI is InChI=1S/C14H17F3N4O/c15-14(16,17)7-21-5-2-9(3-6-21)12(22)11-10-1-4-18-13(10)20-8-19-11/h1,4,8-9,12,22H,2-3,5-7H2,(H,18,19,20). The van der Waals surface area contributed by atoms with Crippen molar-refractivity contribution in [3.63, 3.8) is 0 Å². The van der Waals surface area contributed by atoms with E-state index in [9.17, 15) is 18.3 Å². The highest BCUT2D eigenvalue weighted by molar-refractivity contribution is 5.77. The van der Waals surface area contributed by atoms with Crippen LogP contribution in [0.3, 0.4) is 0 Å². The molecule has 0 bridgehead atoms. The second-order valence-electron chi connectivity index (χ2n) is 5.67. The molecule has 1 saturated heterocycles. The summed E-state index contributed by atoms with van der Waals surface area (Å²) in [5.41, 5.74) is 1.19. The van der Waals surface area contributed by atoms with Gasteiger partial charge in [0.1, 0.15) is 12.0 Å². The Hall–Kier alpha value is -1.67. The normalized spacial score (nSPS) is 19.6. The monoisotopic (exact) mass is 314 g/mol. The number of aliphatic hydroxyl groups is 1. The molecule has 5 nitrogen and oxygen atoms in total. The third-order valence-electron chi connectivity index (χ3n) is 4.15. The maximum absolute atomic E-state index is 12.4. The minimum atomic E-state index is -4.17. The number of nitrogens with one attached hydrogen (secondary N) is 1. The van der Waals surface area contributed by atoms with Crippen molar-refractivity contribution in [3.8, 4) is 0 Å². The van der Waals surface area contributed by atoms with Gasteiger partial charge in [0, 0.05) is 11.6 Å². The molecule has 1 fully saturated rings. The Morgan fingerprint density at radius 2 is 2.05 bits per heavy atom. The molecule has 1 unspecified atom stereocenters. The molecule has 1 aliphatic rings. The van der Waals surface area contributed by atoms with Crippen LogP contribution in [0.15, 0.2) is 18.6 Å². The van der Waals surface area contributed by atoms with E-state index < -0.39 is 18.8 Å². The molecule has 8 heteroatoms. The lowest BCUT2D eigenvalue weighted by molar-refractivity contribution is -0.149. The van der Waals surface area contributed by atoms with Crippen LogP contribution in [0.2, 0.25) is 0 Å². The third kappa shape index (κ3) is 3.22. The van der Waals surface area contributed by atoms with E-state index in [1.807, 2.05) is 0 Å². The minimum absolute atomic E-state index is 0.0857. The summed E-state index contributed by atoms with van der Waals surface area (Å²) >= 11 is 0. The first-order chi connectivity index (χ1) is 10.4. The Kier molecular flexibility index (Phi) is 4.05. The molecule has 2 N–H and O–H groups in total. The van der Waals surface area contributed by atoms with Gasteiger partial charge in [-0.1, -0.05) is 0 Å². The fraction of sp³-hybridized carbons (Fsp3) is 0.571. The van der Waals surface area contributed by atoms with Gasteiger partial charge in [-0.3, -0.25) is 4.90 Å². The van der Waals surface area contributed by atoms with Crippen LogP contribution in [0.5, 0.6) is 0 Å². The van der Waals surface area contributed by atoms with Crippen molar-refractivity contribution in [3.05, 3.63) is 24.3 Å². The molecule has 0 spiro atoms. The Balaban J connectivity index is 1.67. The SMILES string of the molecule is OC(c1ncnc2[nH]ccc12)C1CCN(CC(F)(F)F)CC1. The van der Waals surface area contributed by atoms with Gasteiger partial charge in [0.25, 0.3) is 0 Å². The van der Waals surface area contributed by atoms with Gasteiger partial charge in [-0.05, 0) is 37.9 Å². The molecule has 3 heterocycles. The van der Waals surface area contributed by atoms with Gasteiger partial charge >= 0.3 is 6.18 Å². The van der Waals surface area contributed by atoms with Gasteiger partial charge in [0.15, 0.2) is 0 Å². The number of rotatable bonds is 3. The Labute approximate surface area is 125 Å². The zero-order valence-electron chi connectivity index (χ0n) is 11.8. The maximum atomic E-state index is 12.4. The van der Waals surface area contributed by atoms with Crippen molar-refractivity contribution in [2.45, 2.75) is 25.1 Å². The van der Waals surface area contributed by atoms with Crippen molar-refractivity contribution in [2.24, 2.45) is 5.92 Å². The van der Waals surface area contributed by atoms with E-state index in [-0.39, 0.29) is 5.92 Å². The molecule has 0 amide bonds. The predicted octanol–water partition coefficient (Wildman–Crippen LogP) is 2.27. The molecule has 1 aliphatic heterocycles. The predicted molar refractivity (Wildman–Crippen MR) is 74.1 cm³/mol. The molecule has 0 aliphatic carbocycles. The number of nitrogens with zero attached hydrogens (tertiary/aromatic N) is 3. The van der Waals surface area contributed by atoms with Crippen molar-refractivity contribution in [1.29, 1.82) is 0 Å². The molecular formula is C14H17F3N4O. The van der Waals surface area contributed by atoms with E-state index in [0.717, 1.165) is 5.39 Å². The molecule has 3 rings (SSSR count). The van der Waals surface area contributed by atoms with E-state index in [4.69, 9.17) is 0 Å². The van der Waals surface area contributed by atoms with Crippen LogP contribution in [0.1, 0.15) is 24.6 Å².